The van der Waals surface area contributed by atoms with Crippen molar-refractivity contribution in [3.8, 4) is 11.3 Å². The first-order valence-corrected chi connectivity index (χ1v) is 8.04. The summed E-state index contributed by atoms with van der Waals surface area (Å²) in [5, 5.41) is 4.17. The zero-order valence-corrected chi connectivity index (χ0v) is 13.6. The number of nitrogen functional groups attached to an aromatic ring is 1. The predicted molar refractivity (Wildman–Crippen MR) is 90.9 cm³/mol. The lowest BCUT2D eigenvalue weighted by Crippen LogP contribution is -2.31. The number of aromatic nitrogens is 3. The molecule has 0 unspecified atom stereocenters. The molecule has 0 saturated carbocycles. The van der Waals surface area contributed by atoms with Crippen molar-refractivity contribution in [3.63, 3.8) is 0 Å². The molecule has 0 amide bonds. The van der Waals surface area contributed by atoms with Crippen LogP contribution in [0, 0.1) is 6.92 Å². The number of nitrogens with two attached hydrogens (primary N) is 1. The van der Waals surface area contributed by atoms with E-state index in [2.05, 4.69) is 20.0 Å². The van der Waals surface area contributed by atoms with Gasteiger partial charge in [0.25, 0.3) is 0 Å². The maximum Gasteiger partial charge on any atom is 0.220 e. The van der Waals surface area contributed by atoms with Gasteiger partial charge in [-0.25, -0.2) is 9.97 Å². The van der Waals surface area contributed by atoms with Gasteiger partial charge in [0.05, 0.1) is 11.4 Å². The third-order valence-electron chi connectivity index (χ3n) is 4.43. The van der Waals surface area contributed by atoms with Crippen LogP contribution in [-0.2, 0) is 19.5 Å². The molecule has 0 bridgehead atoms. The Hall–Kier alpha value is -2.73. The summed E-state index contributed by atoms with van der Waals surface area (Å²) in [4.78, 5) is 10.8. The first-order valence-electron chi connectivity index (χ1n) is 8.04. The van der Waals surface area contributed by atoms with E-state index in [-0.39, 0.29) is 0 Å². The van der Waals surface area contributed by atoms with Crippen molar-refractivity contribution >= 4 is 5.95 Å². The molecule has 122 valence electrons. The van der Waals surface area contributed by atoms with Gasteiger partial charge in [-0.1, -0.05) is 35.5 Å². The summed E-state index contributed by atoms with van der Waals surface area (Å²) in [7, 11) is 0. The van der Waals surface area contributed by atoms with Crippen LogP contribution in [0.5, 0.6) is 0 Å². The van der Waals surface area contributed by atoms with Gasteiger partial charge in [0.15, 0.2) is 5.76 Å². The fourth-order valence-electron chi connectivity index (χ4n) is 3.14. The Morgan fingerprint density at radius 1 is 1.25 bits per heavy atom. The molecule has 6 heteroatoms. The van der Waals surface area contributed by atoms with E-state index >= 15 is 0 Å². The van der Waals surface area contributed by atoms with Crippen LogP contribution in [0.2, 0.25) is 0 Å². The second kappa shape index (κ2) is 6.05. The molecule has 0 aliphatic carbocycles. The van der Waals surface area contributed by atoms with Crippen LogP contribution in [0.3, 0.4) is 0 Å². The Labute approximate surface area is 140 Å². The second-order valence-corrected chi connectivity index (χ2v) is 6.10. The highest BCUT2D eigenvalue weighted by atomic mass is 16.5. The Kier molecular flexibility index (Phi) is 3.74. The van der Waals surface area contributed by atoms with Gasteiger partial charge >= 0.3 is 0 Å². The third kappa shape index (κ3) is 2.76. The van der Waals surface area contributed by atoms with E-state index < -0.39 is 0 Å². The molecular formula is C18H19N5O. The van der Waals surface area contributed by atoms with E-state index in [9.17, 15) is 0 Å². The topological polar surface area (TPSA) is 81.1 Å². The van der Waals surface area contributed by atoms with Crippen LogP contribution in [0.4, 0.5) is 5.95 Å². The smallest absolute Gasteiger partial charge is 0.220 e. The van der Waals surface area contributed by atoms with Crippen molar-refractivity contribution in [1.29, 1.82) is 0 Å². The van der Waals surface area contributed by atoms with Crippen LogP contribution >= 0.6 is 0 Å². The normalized spacial score (nSPS) is 14.5. The van der Waals surface area contributed by atoms with Crippen molar-refractivity contribution in [2.24, 2.45) is 0 Å². The van der Waals surface area contributed by atoms with Gasteiger partial charge in [0.1, 0.15) is 0 Å². The highest BCUT2D eigenvalue weighted by Gasteiger charge is 2.22. The molecule has 1 aliphatic heterocycles. The summed E-state index contributed by atoms with van der Waals surface area (Å²) >= 11 is 0. The quantitative estimate of drug-likeness (QED) is 0.798. The van der Waals surface area contributed by atoms with Crippen molar-refractivity contribution in [2.75, 3.05) is 12.3 Å². The minimum absolute atomic E-state index is 0.350. The van der Waals surface area contributed by atoms with Crippen molar-refractivity contribution in [3.05, 3.63) is 59.0 Å². The van der Waals surface area contributed by atoms with Crippen molar-refractivity contribution in [2.45, 2.75) is 26.4 Å². The van der Waals surface area contributed by atoms with Gasteiger partial charge in [0, 0.05) is 48.9 Å². The average Bonchev–Trinajstić information content (AvgIpc) is 2.96. The standard InChI is InChI=1S/C18H19N5O/c1-12-15(17(24-22-12)13-5-3-2-4-6-13)11-23-8-7-16-14(10-23)9-20-18(19)21-16/h2-6,9H,7-8,10-11H2,1H3,(H2,19,20,21). The fraction of sp³-hybridized carbons (Fsp3) is 0.278. The van der Waals surface area contributed by atoms with E-state index in [0.717, 1.165) is 59.9 Å². The van der Waals surface area contributed by atoms with Crippen LogP contribution in [-0.4, -0.2) is 26.6 Å². The monoisotopic (exact) mass is 321 g/mol. The maximum atomic E-state index is 5.67. The van der Waals surface area contributed by atoms with Crippen LogP contribution < -0.4 is 5.73 Å². The van der Waals surface area contributed by atoms with Crippen molar-refractivity contribution < 1.29 is 4.52 Å². The molecular weight excluding hydrogens is 302 g/mol. The summed E-state index contributed by atoms with van der Waals surface area (Å²) < 4.78 is 5.59. The number of fused-ring (bicyclic) bond motifs is 1. The first kappa shape index (κ1) is 14.8. The Balaban J connectivity index is 1.59. The lowest BCUT2D eigenvalue weighted by Gasteiger charge is -2.27. The Morgan fingerprint density at radius 3 is 2.92 bits per heavy atom. The highest BCUT2D eigenvalue weighted by Crippen LogP contribution is 2.28. The average molecular weight is 321 g/mol. The van der Waals surface area contributed by atoms with E-state index in [4.69, 9.17) is 10.3 Å². The van der Waals surface area contributed by atoms with Crippen LogP contribution in [0.25, 0.3) is 11.3 Å². The number of aryl methyl sites for hydroxylation is 1. The summed E-state index contributed by atoms with van der Waals surface area (Å²) in [5.41, 5.74) is 11.0. The van der Waals surface area contributed by atoms with Gasteiger partial charge in [-0.05, 0) is 6.92 Å². The number of nitrogens with zero attached hydrogens (tertiary/aromatic N) is 4. The highest BCUT2D eigenvalue weighted by molar-refractivity contribution is 5.61. The van der Waals surface area contributed by atoms with E-state index in [1.807, 2.05) is 43.5 Å². The Morgan fingerprint density at radius 2 is 2.08 bits per heavy atom. The molecule has 2 aromatic heterocycles. The third-order valence-corrected chi connectivity index (χ3v) is 4.43. The van der Waals surface area contributed by atoms with Gasteiger partial charge < -0.3 is 10.3 Å². The molecule has 1 aromatic carbocycles. The van der Waals surface area contributed by atoms with E-state index in [1.54, 1.807) is 0 Å². The van der Waals surface area contributed by atoms with Crippen molar-refractivity contribution in [1.82, 2.24) is 20.0 Å². The molecule has 0 saturated heterocycles. The zero-order valence-electron chi connectivity index (χ0n) is 13.6. The molecule has 1 aliphatic rings. The van der Waals surface area contributed by atoms with Crippen LogP contribution in [0.15, 0.2) is 41.1 Å². The summed E-state index contributed by atoms with van der Waals surface area (Å²) in [6.45, 7) is 4.53. The molecule has 0 atom stereocenters. The molecule has 6 nitrogen and oxygen atoms in total. The molecule has 0 spiro atoms. The number of benzene rings is 1. The molecule has 3 aromatic rings. The summed E-state index contributed by atoms with van der Waals surface area (Å²) in [6.07, 6.45) is 2.72. The Bertz CT molecular complexity index is 859. The summed E-state index contributed by atoms with van der Waals surface area (Å²) in [5.74, 6) is 1.20. The lowest BCUT2D eigenvalue weighted by molar-refractivity contribution is 0.242. The van der Waals surface area contributed by atoms with Gasteiger partial charge in [0.2, 0.25) is 5.95 Å². The predicted octanol–water partition coefficient (Wildman–Crippen LogP) is 2.58. The maximum absolute atomic E-state index is 5.67. The van der Waals surface area contributed by atoms with E-state index in [1.165, 1.54) is 0 Å². The number of anilines is 1. The molecule has 0 radical (unpaired) electrons. The second-order valence-electron chi connectivity index (χ2n) is 6.10. The SMILES string of the molecule is Cc1noc(-c2ccccc2)c1CN1CCc2nc(N)ncc2C1. The van der Waals surface area contributed by atoms with Gasteiger partial charge in [-0.2, -0.15) is 0 Å². The number of hydrogen-bond acceptors (Lipinski definition) is 6. The largest absolute Gasteiger partial charge is 0.368 e. The molecule has 2 N–H and O–H groups in total. The molecule has 0 fully saturated rings. The molecule has 24 heavy (non-hydrogen) atoms. The summed E-state index contributed by atoms with van der Waals surface area (Å²) in [6, 6.07) is 10.1. The van der Waals surface area contributed by atoms with Gasteiger partial charge in [-0.15, -0.1) is 0 Å². The fourth-order valence-corrected chi connectivity index (χ4v) is 3.14. The minimum Gasteiger partial charge on any atom is -0.368 e. The zero-order chi connectivity index (χ0) is 16.5. The minimum atomic E-state index is 0.350. The number of rotatable bonds is 3. The van der Waals surface area contributed by atoms with Gasteiger partial charge in [-0.3, -0.25) is 4.90 Å². The van der Waals surface area contributed by atoms with Crippen LogP contribution in [0.1, 0.15) is 22.5 Å². The van der Waals surface area contributed by atoms with E-state index in [0.29, 0.717) is 5.95 Å². The lowest BCUT2D eigenvalue weighted by atomic mass is 10.0. The molecule has 4 rings (SSSR count). The molecule has 3 heterocycles. The first-order chi connectivity index (χ1) is 11.7. The number of hydrogen-bond donors (Lipinski definition) is 1.